The van der Waals surface area contributed by atoms with E-state index in [0.29, 0.717) is 31.6 Å². The van der Waals surface area contributed by atoms with E-state index in [1.807, 2.05) is 6.92 Å². The summed E-state index contributed by atoms with van der Waals surface area (Å²) in [4.78, 5) is 53.9. The first-order valence-electron chi connectivity index (χ1n) is 12.2. The Morgan fingerprint density at radius 3 is 2.29 bits per heavy atom. The Labute approximate surface area is 226 Å². The maximum Gasteiger partial charge on any atom is 0.323 e. The number of hydrogen-bond acceptors (Lipinski definition) is 7. The summed E-state index contributed by atoms with van der Waals surface area (Å²) >= 11 is 1.17. The maximum atomic E-state index is 13.1. The molecule has 0 atom stereocenters. The van der Waals surface area contributed by atoms with Gasteiger partial charge in [0, 0.05) is 51.6 Å². The number of hydrogen-bond donors (Lipinski definition) is 2. The molecule has 11 nitrogen and oxygen atoms in total. The molecule has 0 spiro atoms. The first kappa shape index (κ1) is 29.3. The molecule has 1 aliphatic rings. The fourth-order valence-electron chi connectivity index (χ4n) is 3.91. The molecule has 2 heterocycles. The van der Waals surface area contributed by atoms with Crippen LogP contribution in [0.15, 0.2) is 29.2 Å². The average molecular weight is 564 g/mol. The van der Waals surface area contributed by atoms with Gasteiger partial charge in [-0.25, -0.2) is 17.5 Å². The van der Waals surface area contributed by atoms with Gasteiger partial charge < -0.3 is 15.1 Å². The first-order valence-corrected chi connectivity index (χ1v) is 14.4. The van der Waals surface area contributed by atoms with Crippen LogP contribution in [0.25, 0.3) is 0 Å². The van der Waals surface area contributed by atoms with Crippen LogP contribution in [0.3, 0.4) is 0 Å². The molecule has 0 fully saturated rings. The lowest BCUT2D eigenvalue weighted by Gasteiger charge is -2.26. The second-order valence-electron chi connectivity index (χ2n) is 9.21. The van der Waals surface area contributed by atoms with E-state index >= 15 is 0 Å². The molecule has 0 unspecified atom stereocenters. The highest BCUT2D eigenvalue weighted by Gasteiger charge is 2.30. The largest absolute Gasteiger partial charge is 0.337 e. The van der Waals surface area contributed by atoms with Crippen LogP contribution < -0.4 is 10.6 Å². The lowest BCUT2D eigenvalue weighted by molar-refractivity contribution is -0.129. The van der Waals surface area contributed by atoms with Gasteiger partial charge in [0.2, 0.25) is 15.9 Å². The molecule has 206 valence electrons. The number of sulfonamides is 1. The summed E-state index contributed by atoms with van der Waals surface area (Å²) in [5.74, 6) is -1.29. The highest BCUT2D eigenvalue weighted by molar-refractivity contribution is 7.89. The second-order valence-corrected chi connectivity index (χ2v) is 12.4. The number of carbonyl (C=O) groups is 4. The van der Waals surface area contributed by atoms with E-state index in [9.17, 15) is 27.6 Å². The molecule has 2 N–H and O–H groups in total. The molecule has 1 aliphatic heterocycles. The topological polar surface area (TPSA) is 136 Å². The molecule has 0 saturated heterocycles. The summed E-state index contributed by atoms with van der Waals surface area (Å²) in [7, 11) is 0.847. The number of urea groups is 1. The zero-order valence-corrected chi connectivity index (χ0v) is 23.8. The predicted octanol–water partition coefficient (Wildman–Crippen LogP) is 2.74. The van der Waals surface area contributed by atoms with Crippen molar-refractivity contribution in [2.24, 2.45) is 0 Å². The molecule has 3 rings (SSSR count). The summed E-state index contributed by atoms with van der Waals surface area (Å²) in [6.07, 6.45) is 2.00. The number of anilines is 1. The van der Waals surface area contributed by atoms with Crippen LogP contribution in [0.5, 0.6) is 0 Å². The van der Waals surface area contributed by atoms with Gasteiger partial charge in [0.1, 0.15) is 5.00 Å². The zero-order chi connectivity index (χ0) is 28.2. The third-order valence-corrected chi connectivity index (χ3v) is 9.24. The lowest BCUT2D eigenvalue weighted by atomic mass is 10.0. The minimum absolute atomic E-state index is 0.0748. The number of thiophene rings is 1. The van der Waals surface area contributed by atoms with Crippen LogP contribution in [-0.2, 0) is 27.8 Å². The van der Waals surface area contributed by atoms with Crippen LogP contribution in [0.4, 0.5) is 9.80 Å². The summed E-state index contributed by atoms with van der Waals surface area (Å²) in [6.45, 7) is 4.55. The van der Waals surface area contributed by atoms with E-state index in [2.05, 4.69) is 10.6 Å². The van der Waals surface area contributed by atoms with Crippen molar-refractivity contribution in [3.05, 3.63) is 45.8 Å². The number of amides is 5. The Bertz CT molecular complexity index is 1330. The Kier molecular flexibility index (Phi) is 9.28. The molecule has 0 radical (unpaired) electrons. The Morgan fingerprint density at radius 1 is 1.05 bits per heavy atom. The van der Waals surface area contributed by atoms with E-state index in [-0.39, 0.29) is 26.9 Å². The summed E-state index contributed by atoms with van der Waals surface area (Å²) in [5, 5.41) is 5.33. The quantitative estimate of drug-likeness (QED) is 0.507. The first-order chi connectivity index (χ1) is 17.9. The van der Waals surface area contributed by atoms with Crippen molar-refractivity contribution in [1.82, 2.24) is 19.4 Å². The van der Waals surface area contributed by atoms with Gasteiger partial charge in [0.25, 0.3) is 11.8 Å². The fraction of sp³-hybridized carbons (Fsp3) is 0.440. The van der Waals surface area contributed by atoms with E-state index in [0.717, 1.165) is 17.7 Å². The van der Waals surface area contributed by atoms with Gasteiger partial charge in [-0.1, -0.05) is 13.3 Å². The van der Waals surface area contributed by atoms with E-state index in [4.69, 9.17) is 0 Å². The smallest absolute Gasteiger partial charge is 0.323 e. The minimum Gasteiger partial charge on any atom is -0.337 e. The third kappa shape index (κ3) is 6.40. The van der Waals surface area contributed by atoms with Gasteiger partial charge >= 0.3 is 6.03 Å². The molecule has 0 aliphatic carbocycles. The summed E-state index contributed by atoms with van der Waals surface area (Å²) in [5.41, 5.74) is 1.07. The standard InChI is InChI=1S/C25H33N5O6S2/c1-6-7-13-29(5)38(35,36)18-10-8-17(9-11-18)22(32)26-24-21(23(33)27-25(34)28(3)4)19-12-14-30(16(2)31)15-20(19)37-24/h8-11H,6-7,12-15H2,1-5H3,(H,26,32)(H,27,33,34). The van der Waals surface area contributed by atoms with Crippen molar-refractivity contribution in [3.8, 4) is 0 Å². The monoisotopic (exact) mass is 563 g/mol. The molecule has 5 amide bonds. The van der Waals surface area contributed by atoms with Crippen LogP contribution in [0, 0.1) is 0 Å². The molecule has 38 heavy (non-hydrogen) atoms. The predicted molar refractivity (Wildman–Crippen MR) is 145 cm³/mol. The molecule has 0 saturated carbocycles. The number of carbonyl (C=O) groups excluding carboxylic acids is 4. The number of rotatable bonds is 8. The van der Waals surface area contributed by atoms with Crippen molar-refractivity contribution < 1.29 is 27.6 Å². The van der Waals surface area contributed by atoms with Gasteiger partial charge in [0.05, 0.1) is 17.0 Å². The lowest BCUT2D eigenvalue weighted by Crippen LogP contribution is -2.39. The summed E-state index contributed by atoms with van der Waals surface area (Å²) in [6, 6.07) is 4.97. The highest BCUT2D eigenvalue weighted by Crippen LogP contribution is 2.37. The molecule has 1 aromatic heterocycles. The molecular formula is C25H33N5O6S2. The van der Waals surface area contributed by atoms with Gasteiger partial charge in [-0.05, 0) is 42.7 Å². The van der Waals surface area contributed by atoms with Crippen molar-refractivity contribution in [2.45, 2.75) is 44.6 Å². The van der Waals surface area contributed by atoms with Crippen LogP contribution >= 0.6 is 11.3 Å². The van der Waals surface area contributed by atoms with Gasteiger partial charge in [-0.15, -0.1) is 11.3 Å². The molecule has 1 aromatic carbocycles. The van der Waals surface area contributed by atoms with Gasteiger partial charge in [0.15, 0.2) is 0 Å². The minimum atomic E-state index is -3.68. The van der Waals surface area contributed by atoms with Gasteiger partial charge in [-0.3, -0.25) is 19.7 Å². The number of nitrogens with zero attached hydrogens (tertiary/aromatic N) is 3. The van der Waals surface area contributed by atoms with E-state index < -0.39 is 27.9 Å². The van der Waals surface area contributed by atoms with E-state index in [1.54, 1.807) is 4.90 Å². The van der Waals surface area contributed by atoms with Crippen LogP contribution in [0.1, 0.15) is 57.8 Å². The van der Waals surface area contributed by atoms with Crippen LogP contribution in [0.2, 0.25) is 0 Å². The summed E-state index contributed by atoms with van der Waals surface area (Å²) < 4.78 is 26.8. The Balaban J connectivity index is 1.88. The molecular weight excluding hydrogens is 530 g/mol. The van der Waals surface area contributed by atoms with E-state index in [1.165, 1.54) is 72.9 Å². The third-order valence-electron chi connectivity index (χ3n) is 6.23. The van der Waals surface area contributed by atoms with Crippen molar-refractivity contribution >= 4 is 50.1 Å². The second kappa shape index (κ2) is 12.0. The number of imide groups is 1. The number of nitrogens with one attached hydrogen (secondary N) is 2. The average Bonchev–Trinajstić information content (AvgIpc) is 3.23. The Hall–Kier alpha value is -3.29. The molecule has 13 heteroatoms. The Morgan fingerprint density at radius 2 is 1.71 bits per heavy atom. The van der Waals surface area contributed by atoms with Crippen molar-refractivity contribution in [1.29, 1.82) is 0 Å². The zero-order valence-electron chi connectivity index (χ0n) is 22.2. The van der Waals surface area contributed by atoms with Crippen molar-refractivity contribution in [2.75, 3.05) is 39.5 Å². The number of unbranched alkanes of at least 4 members (excludes halogenated alkanes) is 1. The fourth-order valence-corrected chi connectivity index (χ4v) is 6.37. The van der Waals surface area contributed by atoms with Crippen LogP contribution in [-0.4, -0.2) is 80.5 Å². The number of fused-ring (bicyclic) bond motifs is 1. The van der Waals surface area contributed by atoms with Crippen molar-refractivity contribution in [3.63, 3.8) is 0 Å². The number of benzene rings is 1. The SMILES string of the molecule is CCCCN(C)S(=O)(=O)c1ccc(C(=O)Nc2sc3c(c2C(=O)NC(=O)N(C)C)CCN(C(C)=O)C3)cc1. The normalized spacial score (nSPS) is 13.2. The molecule has 0 bridgehead atoms. The highest BCUT2D eigenvalue weighted by atomic mass is 32.2. The van der Waals surface area contributed by atoms with Gasteiger partial charge in [-0.2, -0.15) is 0 Å². The maximum absolute atomic E-state index is 13.1. The molecule has 2 aromatic rings.